The lowest BCUT2D eigenvalue weighted by Gasteiger charge is -2.34. The van der Waals surface area contributed by atoms with Gasteiger partial charge in [-0.2, -0.15) is 0 Å². The molecule has 0 aromatic heterocycles. The van der Waals surface area contributed by atoms with Gasteiger partial charge in [0.2, 0.25) is 5.91 Å². The van der Waals surface area contributed by atoms with Crippen molar-refractivity contribution in [3.05, 3.63) is 0 Å². The van der Waals surface area contributed by atoms with Crippen molar-refractivity contribution in [3.63, 3.8) is 0 Å². The molecule has 10 heavy (non-hydrogen) atoms. The Labute approximate surface area is 58.8 Å². The predicted octanol–water partition coefficient (Wildman–Crippen LogP) is -0.610. The highest BCUT2D eigenvalue weighted by atomic mass is 16.5. The van der Waals surface area contributed by atoms with Crippen molar-refractivity contribution in [2.45, 2.75) is 12.5 Å². The largest absolute Gasteiger partial charge is 0.467 e. The molecule has 0 unspecified atom stereocenters. The third-order valence-electron chi connectivity index (χ3n) is 1.70. The highest BCUT2D eigenvalue weighted by molar-refractivity contribution is 5.94. The molecular formula is C6H9NO3. The van der Waals surface area contributed by atoms with Crippen LogP contribution in [0.1, 0.15) is 6.42 Å². The average Bonchev–Trinajstić information content (AvgIpc) is 1.98. The first-order valence-corrected chi connectivity index (χ1v) is 3.00. The van der Waals surface area contributed by atoms with Crippen molar-refractivity contribution in [2.75, 3.05) is 14.2 Å². The highest BCUT2D eigenvalue weighted by Crippen LogP contribution is 2.16. The molecule has 0 aliphatic carbocycles. The van der Waals surface area contributed by atoms with Gasteiger partial charge in [-0.15, -0.1) is 0 Å². The summed E-state index contributed by atoms with van der Waals surface area (Å²) in [6, 6.07) is -0.336. The van der Waals surface area contributed by atoms with Crippen molar-refractivity contribution in [1.82, 2.24) is 4.90 Å². The number of β-lactam (4-membered cyclic amide) rings is 1. The number of nitrogens with zero attached hydrogens (tertiary/aromatic N) is 1. The predicted molar refractivity (Wildman–Crippen MR) is 33.2 cm³/mol. The fourth-order valence-corrected chi connectivity index (χ4v) is 0.885. The van der Waals surface area contributed by atoms with Gasteiger partial charge in [-0.05, 0) is 0 Å². The van der Waals surface area contributed by atoms with Crippen molar-refractivity contribution in [3.8, 4) is 0 Å². The zero-order valence-corrected chi connectivity index (χ0v) is 5.96. The standard InChI is InChI=1S/C6H9NO3/c1-7-4(3-5(7)8)6(9)10-2/h4H,3H2,1-2H3/t4-/m0/s1. The summed E-state index contributed by atoms with van der Waals surface area (Å²) in [6.07, 6.45) is 0.295. The van der Waals surface area contributed by atoms with E-state index < -0.39 is 0 Å². The summed E-state index contributed by atoms with van der Waals surface area (Å²) in [5.74, 6) is -0.336. The van der Waals surface area contributed by atoms with Gasteiger partial charge in [0.25, 0.3) is 0 Å². The van der Waals surface area contributed by atoms with E-state index in [0.29, 0.717) is 6.42 Å². The molecule has 1 aliphatic heterocycles. The monoisotopic (exact) mass is 143 g/mol. The highest BCUT2D eigenvalue weighted by Gasteiger charge is 2.38. The van der Waals surface area contributed by atoms with Crippen LogP contribution in [0.2, 0.25) is 0 Å². The number of hydrogen-bond donors (Lipinski definition) is 0. The van der Waals surface area contributed by atoms with Crippen LogP contribution < -0.4 is 0 Å². The number of methoxy groups -OCH3 is 1. The number of esters is 1. The van der Waals surface area contributed by atoms with E-state index in [0.717, 1.165) is 0 Å². The number of hydrogen-bond acceptors (Lipinski definition) is 3. The molecule has 0 bridgehead atoms. The lowest BCUT2D eigenvalue weighted by atomic mass is 10.0. The zero-order valence-electron chi connectivity index (χ0n) is 5.96. The molecule has 0 radical (unpaired) electrons. The van der Waals surface area contributed by atoms with E-state index in [4.69, 9.17) is 0 Å². The molecule has 0 aromatic carbocycles. The molecule has 0 aromatic rings. The van der Waals surface area contributed by atoms with Crippen molar-refractivity contribution >= 4 is 11.9 Å². The zero-order chi connectivity index (χ0) is 7.72. The first kappa shape index (κ1) is 7.05. The first-order chi connectivity index (χ1) is 4.66. The lowest BCUT2D eigenvalue weighted by Crippen LogP contribution is -2.54. The molecule has 4 heteroatoms. The molecule has 1 heterocycles. The quantitative estimate of drug-likeness (QED) is 0.363. The maximum absolute atomic E-state index is 10.7. The van der Waals surface area contributed by atoms with E-state index in [1.807, 2.05) is 0 Å². The van der Waals surface area contributed by atoms with Crippen LogP contribution in [0.25, 0.3) is 0 Å². The van der Waals surface area contributed by atoms with Crippen LogP contribution in [0.5, 0.6) is 0 Å². The van der Waals surface area contributed by atoms with Gasteiger partial charge in [-0.25, -0.2) is 4.79 Å². The fourth-order valence-electron chi connectivity index (χ4n) is 0.885. The Kier molecular flexibility index (Phi) is 1.61. The van der Waals surface area contributed by atoms with E-state index in [9.17, 15) is 9.59 Å². The molecule has 1 atom stereocenters. The van der Waals surface area contributed by atoms with Crippen molar-refractivity contribution in [2.24, 2.45) is 0 Å². The SMILES string of the molecule is COC(=O)[C@@H]1CC(=O)N1C. The number of rotatable bonds is 1. The number of amides is 1. The van der Waals surface area contributed by atoms with Gasteiger partial charge in [0.15, 0.2) is 0 Å². The second-order valence-corrected chi connectivity index (χ2v) is 2.25. The number of likely N-dealkylation sites (N-methyl/N-ethyl adjacent to an activating group) is 1. The van der Waals surface area contributed by atoms with Crippen LogP contribution in [0, 0.1) is 0 Å². The average molecular weight is 143 g/mol. The van der Waals surface area contributed by atoms with Crippen LogP contribution >= 0.6 is 0 Å². The van der Waals surface area contributed by atoms with Gasteiger partial charge in [0, 0.05) is 7.05 Å². The molecule has 1 aliphatic rings. The molecule has 4 nitrogen and oxygen atoms in total. The summed E-state index contributed by atoms with van der Waals surface area (Å²) in [5.41, 5.74) is 0. The molecule has 1 amide bonds. The summed E-state index contributed by atoms with van der Waals surface area (Å²) >= 11 is 0. The minimum absolute atomic E-state index is 0.00426. The summed E-state index contributed by atoms with van der Waals surface area (Å²) in [7, 11) is 2.91. The molecule has 1 rings (SSSR count). The van der Waals surface area contributed by atoms with Crippen molar-refractivity contribution < 1.29 is 14.3 Å². The second kappa shape index (κ2) is 2.28. The molecule has 56 valence electrons. The molecule has 0 spiro atoms. The summed E-state index contributed by atoms with van der Waals surface area (Å²) < 4.78 is 4.44. The third kappa shape index (κ3) is 0.853. The number of likely N-dealkylation sites (tertiary alicyclic amines) is 1. The van der Waals surface area contributed by atoms with Crippen molar-refractivity contribution in [1.29, 1.82) is 0 Å². The third-order valence-corrected chi connectivity index (χ3v) is 1.70. The second-order valence-electron chi connectivity index (χ2n) is 2.25. The Balaban J connectivity index is 2.47. The Morgan fingerprint density at radius 1 is 1.80 bits per heavy atom. The van der Waals surface area contributed by atoms with E-state index >= 15 is 0 Å². The van der Waals surface area contributed by atoms with Gasteiger partial charge in [-0.1, -0.05) is 0 Å². The molecule has 0 saturated carbocycles. The van der Waals surface area contributed by atoms with Gasteiger partial charge >= 0.3 is 5.97 Å². The summed E-state index contributed by atoms with van der Waals surface area (Å²) in [6.45, 7) is 0. The normalized spacial score (nSPS) is 24.0. The van der Waals surface area contributed by atoms with E-state index in [1.165, 1.54) is 12.0 Å². The topological polar surface area (TPSA) is 46.6 Å². The first-order valence-electron chi connectivity index (χ1n) is 3.00. The van der Waals surface area contributed by atoms with Crippen LogP contribution in [0.15, 0.2) is 0 Å². The smallest absolute Gasteiger partial charge is 0.329 e. The Morgan fingerprint density at radius 2 is 2.40 bits per heavy atom. The maximum Gasteiger partial charge on any atom is 0.329 e. The van der Waals surface area contributed by atoms with Crippen LogP contribution in [-0.2, 0) is 14.3 Å². The molecule has 0 N–H and O–H groups in total. The van der Waals surface area contributed by atoms with Crippen LogP contribution in [0.4, 0.5) is 0 Å². The van der Waals surface area contributed by atoms with Gasteiger partial charge in [0.05, 0.1) is 13.5 Å². The summed E-state index contributed by atoms with van der Waals surface area (Å²) in [4.78, 5) is 22.7. The lowest BCUT2D eigenvalue weighted by molar-refractivity contribution is -0.162. The molecule has 1 fully saturated rings. The number of ether oxygens (including phenoxy) is 1. The fraction of sp³-hybridized carbons (Fsp3) is 0.667. The van der Waals surface area contributed by atoms with Gasteiger partial charge in [0.1, 0.15) is 6.04 Å². The molecular weight excluding hydrogens is 134 g/mol. The van der Waals surface area contributed by atoms with E-state index in [-0.39, 0.29) is 17.9 Å². The number of carbonyl (C=O) groups excluding carboxylic acids is 2. The Hall–Kier alpha value is -1.06. The van der Waals surface area contributed by atoms with E-state index in [2.05, 4.69) is 4.74 Å². The Bertz CT molecular complexity index is 178. The van der Waals surface area contributed by atoms with Gasteiger partial charge in [-0.3, -0.25) is 4.79 Å². The summed E-state index contributed by atoms with van der Waals surface area (Å²) in [5, 5.41) is 0. The Morgan fingerprint density at radius 3 is 2.70 bits per heavy atom. The minimum Gasteiger partial charge on any atom is -0.467 e. The van der Waals surface area contributed by atoms with Crippen LogP contribution in [-0.4, -0.2) is 37.0 Å². The van der Waals surface area contributed by atoms with Gasteiger partial charge < -0.3 is 9.64 Å². The van der Waals surface area contributed by atoms with E-state index in [1.54, 1.807) is 7.05 Å². The molecule has 1 saturated heterocycles. The maximum atomic E-state index is 10.7. The van der Waals surface area contributed by atoms with Crippen LogP contribution in [0.3, 0.4) is 0 Å². The minimum atomic E-state index is -0.336. The number of carbonyl (C=O) groups is 2.